The predicted molar refractivity (Wildman–Crippen MR) is 247 cm³/mol. The second-order valence-corrected chi connectivity index (χ2v) is 18.0. The Bertz CT molecular complexity index is 988. The summed E-state index contributed by atoms with van der Waals surface area (Å²) in [5.41, 5.74) is 5.21. The Kier molecular flexibility index (Phi) is 45.7. The molecule has 0 aliphatic heterocycles. The van der Waals surface area contributed by atoms with E-state index in [9.17, 15) is 19.4 Å². The summed E-state index contributed by atoms with van der Waals surface area (Å²) in [6.07, 6.45) is 59.4. The number of phosphoric ester groups is 1. The largest absolute Gasteiger partial charge is 0.472 e. The minimum absolute atomic E-state index is 0.0756. The van der Waals surface area contributed by atoms with E-state index in [0.29, 0.717) is 6.42 Å². The predicted octanol–water partition coefficient (Wildman–Crippen LogP) is 14.7. The molecule has 342 valence electrons. The van der Waals surface area contributed by atoms with Gasteiger partial charge in [-0.3, -0.25) is 13.8 Å². The molecule has 0 radical (unpaired) electrons. The van der Waals surface area contributed by atoms with E-state index in [-0.39, 0.29) is 25.7 Å². The third kappa shape index (κ3) is 47.4. The zero-order valence-corrected chi connectivity index (χ0v) is 38.7. The third-order valence-electron chi connectivity index (χ3n) is 10.8. The molecule has 0 rings (SSSR count). The molecule has 0 spiro atoms. The maximum Gasteiger partial charge on any atom is 0.472 e. The van der Waals surface area contributed by atoms with E-state index in [0.717, 1.165) is 32.1 Å². The molecule has 0 saturated carbocycles. The lowest BCUT2D eigenvalue weighted by atomic mass is 10.0. The van der Waals surface area contributed by atoms with Crippen LogP contribution in [0.4, 0.5) is 0 Å². The van der Waals surface area contributed by atoms with E-state index in [1.54, 1.807) is 0 Å². The van der Waals surface area contributed by atoms with Gasteiger partial charge in [0.2, 0.25) is 0 Å². The van der Waals surface area contributed by atoms with Gasteiger partial charge in [-0.15, -0.1) is 0 Å². The van der Waals surface area contributed by atoms with Crippen molar-refractivity contribution in [3.63, 3.8) is 0 Å². The zero-order valence-electron chi connectivity index (χ0n) is 37.8. The number of aliphatic hydroxyl groups is 1. The molecule has 2 atom stereocenters. The summed E-state index contributed by atoms with van der Waals surface area (Å²) in [7, 11) is -4.25. The number of carbonyl (C=O) groups excluding carboxylic acids is 1. The van der Waals surface area contributed by atoms with Gasteiger partial charge < -0.3 is 20.5 Å². The summed E-state index contributed by atoms with van der Waals surface area (Å²) in [6.45, 7) is 1.47. The number of hydrogen-bond acceptors (Lipinski definition) is 7. The Labute approximate surface area is 358 Å². The maximum absolute atomic E-state index is 11.9. The summed E-state index contributed by atoms with van der Waals surface area (Å²) in [6, 6.07) is 0. The van der Waals surface area contributed by atoms with Crippen molar-refractivity contribution >= 4 is 13.8 Å². The fourth-order valence-corrected chi connectivity index (χ4v) is 7.88. The van der Waals surface area contributed by atoms with Gasteiger partial charge in [0.15, 0.2) is 0 Å². The number of hydrogen-bond donors (Lipinski definition) is 3. The number of nitrogens with two attached hydrogens (primary N) is 1. The van der Waals surface area contributed by atoms with Crippen molar-refractivity contribution in [2.24, 2.45) is 5.73 Å². The summed E-state index contributed by atoms with van der Waals surface area (Å²) in [5.74, 6) is -0.380. The Morgan fingerprint density at radius 1 is 0.517 bits per heavy atom. The topological polar surface area (TPSA) is 128 Å². The van der Waals surface area contributed by atoms with Crippen LogP contribution in [-0.2, 0) is 23.1 Å². The molecular formula is C49H94NO7P. The molecule has 0 aliphatic carbocycles. The molecule has 0 amide bonds. The number of rotatable bonds is 47. The fourth-order valence-electron chi connectivity index (χ4n) is 7.11. The summed E-state index contributed by atoms with van der Waals surface area (Å²) in [5, 5.41) is 9.78. The Morgan fingerprint density at radius 3 is 1.24 bits per heavy atom. The Morgan fingerprint density at radius 2 is 0.862 bits per heavy atom. The van der Waals surface area contributed by atoms with Crippen molar-refractivity contribution in [3.05, 3.63) is 36.5 Å². The molecule has 0 aromatic heterocycles. The van der Waals surface area contributed by atoms with Crippen LogP contribution in [0.3, 0.4) is 0 Å². The van der Waals surface area contributed by atoms with Crippen LogP contribution < -0.4 is 5.73 Å². The van der Waals surface area contributed by atoms with Crippen LogP contribution in [0.25, 0.3) is 0 Å². The molecular weight excluding hydrogens is 746 g/mol. The van der Waals surface area contributed by atoms with Crippen molar-refractivity contribution in [1.29, 1.82) is 0 Å². The van der Waals surface area contributed by atoms with Crippen molar-refractivity contribution in [2.45, 2.75) is 244 Å². The van der Waals surface area contributed by atoms with Gasteiger partial charge in [0.05, 0.1) is 13.2 Å². The van der Waals surface area contributed by atoms with E-state index >= 15 is 0 Å². The normalized spacial score (nSPS) is 13.7. The molecule has 0 aromatic rings. The van der Waals surface area contributed by atoms with Gasteiger partial charge in [-0.05, 0) is 44.9 Å². The lowest BCUT2D eigenvalue weighted by Crippen LogP contribution is -2.23. The highest BCUT2D eigenvalue weighted by Gasteiger charge is 2.22. The molecule has 0 fully saturated rings. The van der Waals surface area contributed by atoms with Crippen LogP contribution >= 0.6 is 7.82 Å². The molecule has 0 heterocycles. The molecule has 2 unspecified atom stereocenters. The highest BCUT2D eigenvalue weighted by atomic mass is 31.2. The maximum atomic E-state index is 11.9. The minimum atomic E-state index is -4.25. The third-order valence-corrected chi connectivity index (χ3v) is 11.7. The average Bonchev–Trinajstić information content (AvgIpc) is 3.22. The van der Waals surface area contributed by atoms with E-state index in [4.69, 9.17) is 10.5 Å². The summed E-state index contributed by atoms with van der Waals surface area (Å²) < 4.78 is 25.8. The number of allylic oxidation sites excluding steroid dienone is 6. The van der Waals surface area contributed by atoms with E-state index < -0.39 is 20.5 Å². The van der Waals surface area contributed by atoms with Gasteiger partial charge in [-0.1, -0.05) is 223 Å². The molecule has 8 nitrogen and oxygen atoms in total. The van der Waals surface area contributed by atoms with Crippen molar-refractivity contribution in [3.8, 4) is 0 Å². The van der Waals surface area contributed by atoms with Crippen LogP contribution in [0.5, 0.6) is 0 Å². The van der Waals surface area contributed by atoms with E-state index in [1.807, 2.05) is 0 Å². The summed E-state index contributed by atoms with van der Waals surface area (Å²) >= 11 is 0. The first kappa shape index (κ1) is 56.7. The van der Waals surface area contributed by atoms with Gasteiger partial charge in [0.25, 0.3) is 0 Å². The molecule has 9 heteroatoms. The average molecular weight is 840 g/mol. The van der Waals surface area contributed by atoms with Gasteiger partial charge >= 0.3 is 13.8 Å². The first-order valence-electron chi connectivity index (χ1n) is 24.5. The highest BCUT2D eigenvalue weighted by molar-refractivity contribution is 7.47. The van der Waals surface area contributed by atoms with Gasteiger partial charge in [0.1, 0.15) is 12.7 Å². The molecule has 0 saturated heterocycles. The van der Waals surface area contributed by atoms with Crippen molar-refractivity contribution in [2.75, 3.05) is 26.4 Å². The summed E-state index contributed by atoms with van der Waals surface area (Å²) in [4.78, 5) is 21.3. The SMILES string of the molecule is CCCCCCC/C=C\C/C=C\C/C=C\CCCCCCCCCCCCCCCCCCCCCCCCCCCCC(=O)OCC(O)COP(=O)(O)OCCN. The fraction of sp³-hybridized carbons (Fsp3) is 0.857. The van der Waals surface area contributed by atoms with Crippen LogP contribution in [0, 0.1) is 0 Å². The van der Waals surface area contributed by atoms with Crippen LogP contribution in [-0.4, -0.2) is 48.4 Å². The molecule has 0 aromatic carbocycles. The van der Waals surface area contributed by atoms with E-state index in [1.165, 1.54) is 193 Å². The molecule has 4 N–H and O–H groups in total. The second kappa shape index (κ2) is 46.8. The quantitative estimate of drug-likeness (QED) is 0.0239. The van der Waals surface area contributed by atoms with E-state index in [2.05, 4.69) is 52.4 Å². The van der Waals surface area contributed by atoms with Gasteiger partial charge in [-0.2, -0.15) is 0 Å². The number of aliphatic hydroxyl groups excluding tert-OH is 1. The number of ether oxygens (including phenoxy) is 1. The first-order valence-corrected chi connectivity index (χ1v) is 26.0. The Hall–Kier alpha value is -1.28. The van der Waals surface area contributed by atoms with Gasteiger partial charge in [-0.25, -0.2) is 4.57 Å². The first-order chi connectivity index (χ1) is 28.4. The highest BCUT2D eigenvalue weighted by Crippen LogP contribution is 2.42. The van der Waals surface area contributed by atoms with Crippen LogP contribution in [0.15, 0.2) is 36.5 Å². The molecule has 0 aliphatic rings. The van der Waals surface area contributed by atoms with Crippen molar-refractivity contribution < 1.29 is 33.1 Å². The Balaban J connectivity index is 3.26. The van der Waals surface area contributed by atoms with Crippen molar-refractivity contribution in [1.82, 2.24) is 0 Å². The zero-order chi connectivity index (χ0) is 42.3. The number of unbranched alkanes of at least 4 members (excludes halogenated alkanes) is 31. The smallest absolute Gasteiger partial charge is 0.463 e. The lowest BCUT2D eigenvalue weighted by Gasteiger charge is -2.15. The molecule has 0 bridgehead atoms. The number of phosphoric acid groups is 1. The minimum Gasteiger partial charge on any atom is -0.463 e. The number of esters is 1. The lowest BCUT2D eigenvalue weighted by molar-refractivity contribution is -0.147. The van der Waals surface area contributed by atoms with Gasteiger partial charge in [0, 0.05) is 13.0 Å². The standard InChI is InChI=1S/C49H94NO7P/c1-2-3-4-5-6-7-8-9-10-11-12-13-14-15-16-17-18-19-20-21-22-23-24-25-26-27-28-29-30-31-32-33-34-35-36-37-38-39-40-41-42-43-49(52)55-46-48(51)47-57-58(53,54)56-45-44-50/h8-9,11-12,14-15,48,51H,2-7,10,13,16-47,50H2,1H3,(H,53,54)/b9-8-,12-11-,15-14-. The second-order valence-electron chi connectivity index (χ2n) is 16.5. The van der Waals surface area contributed by atoms with Crippen LogP contribution in [0.1, 0.15) is 238 Å². The number of carbonyl (C=O) groups is 1. The molecule has 58 heavy (non-hydrogen) atoms. The van der Waals surface area contributed by atoms with Crippen LogP contribution in [0.2, 0.25) is 0 Å². The monoisotopic (exact) mass is 840 g/mol.